The van der Waals surface area contributed by atoms with Crippen LogP contribution in [0.25, 0.3) is 0 Å². The van der Waals surface area contributed by atoms with Crippen LogP contribution in [-0.2, 0) is 6.61 Å². The second kappa shape index (κ2) is 5.11. The number of halogens is 3. The molecular formula is C9H11F3N2O2. The number of nitrogens with zero attached hydrogens (tertiary/aromatic N) is 2. The molecule has 4 nitrogen and oxygen atoms in total. The van der Waals surface area contributed by atoms with Gasteiger partial charge in [-0.25, -0.2) is 9.97 Å². The van der Waals surface area contributed by atoms with E-state index in [-0.39, 0.29) is 12.6 Å². The number of alkyl halides is 3. The largest absolute Gasteiger partial charge is 0.463 e. The van der Waals surface area contributed by atoms with E-state index in [1.807, 2.05) is 0 Å². The molecule has 0 amide bonds. The summed E-state index contributed by atoms with van der Waals surface area (Å²) >= 11 is 0. The lowest BCUT2D eigenvalue weighted by atomic mass is 10.3. The Labute approximate surface area is 90.1 Å². The molecule has 0 aliphatic heterocycles. The van der Waals surface area contributed by atoms with Gasteiger partial charge < -0.3 is 9.84 Å². The van der Waals surface area contributed by atoms with Gasteiger partial charge in [-0.2, -0.15) is 13.2 Å². The van der Waals surface area contributed by atoms with Gasteiger partial charge in [0.2, 0.25) is 0 Å². The van der Waals surface area contributed by atoms with Crippen LogP contribution >= 0.6 is 0 Å². The SMILES string of the molecule is Cc1nc(OCCC(F)(F)F)ncc1CO. The van der Waals surface area contributed by atoms with E-state index in [0.29, 0.717) is 11.3 Å². The van der Waals surface area contributed by atoms with Crippen molar-refractivity contribution in [3.8, 4) is 6.01 Å². The van der Waals surface area contributed by atoms with Crippen LogP contribution in [0.3, 0.4) is 0 Å². The molecule has 0 saturated heterocycles. The van der Waals surface area contributed by atoms with Crippen molar-refractivity contribution in [1.82, 2.24) is 9.97 Å². The van der Waals surface area contributed by atoms with Crippen molar-refractivity contribution in [2.45, 2.75) is 26.1 Å². The topological polar surface area (TPSA) is 55.2 Å². The van der Waals surface area contributed by atoms with Gasteiger partial charge >= 0.3 is 12.2 Å². The Morgan fingerprint density at radius 3 is 2.62 bits per heavy atom. The summed E-state index contributed by atoms with van der Waals surface area (Å²) in [6.07, 6.45) is -3.97. The number of hydrogen-bond donors (Lipinski definition) is 1. The van der Waals surface area contributed by atoms with Gasteiger partial charge in [0.25, 0.3) is 0 Å². The van der Waals surface area contributed by atoms with E-state index < -0.39 is 19.2 Å². The fraction of sp³-hybridized carbons (Fsp3) is 0.556. The van der Waals surface area contributed by atoms with Crippen molar-refractivity contribution in [1.29, 1.82) is 0 Å². The number of rotatable bonds is 4. The monoisotopic (exact) mass is 236 g/mol. The van der Waals surface area contributed by atoms with Gasteiger partial charge in [0.15, 0.2) is 0 Å². The molecule has 1 aromatic heterocycles. The zero-order chi connectivity index (χ0) is 12.2. The highest BCUT2D eigenvalue weighted by Gasteiger charge is 2.27. The van der Waals surface area contributed by atoms with Gasteiger partial charge in [-0.3, -0.25) is 0 Å². The summed E-state index contributed by atoms with van der Waals surface area (Å²) in [5.74, 6) is 0. The average molecular weight is 236 g/mol. The summed E-state index contributed by atoms with van der Waals surface area (Å²) in [6, 6.07) is -0.112. The molecule has 0 spiro atoms. The molecule has 90 valence electrons. The van der Waals surface area contributed by atoms with Crippen molar-refractivity contribution in [3.63, 3.8) is 0 Å². The molecular weight excluding hydrogens is 225 g/mol. The Hall–Kier alpha value is -1.37. The van der Waals surface area contributed by atoms with Gasteiger partial charge in [0.05, 0.1) is 18.7 Å². The van der Waals surface area contributed by atoms with Gasteiger partial charge in [-0.05, 0) is 6.92 Å². The Kier molecular flexibility index (Phi) is 4.05. The molecule has 0 saturated carbocycles. The fourth-order valence-electron chi connectivity index (χ4n) is 0.954. The fourth-order valence-corrected chi connectivity index (χ4v) is 0.954. The summed E-state index contributed by atoms with van der Waals surface area (Å²) in [6.45, 7) is 0.889. The predicted molar refractivity (Wildman–Crippen MR) is 48.9 cm³/mol. The van der Waals surface area contributed by atoms with Crippen molar-refractivity contribution in [2.75, 3.05) is 6.61 Å². The maximum absolute atomic E-state index is 11.8. The highest BCUT2D eigenvalue weighted by molar-refractivity contribution is 5.16. The molecule has 1 rings (SSSR count). The summed E-state index contributed by atoms with van der Waals surface area (Å²) in [5, 5.41) is 8.82. The number of aromatic nitrogens is 2. The van der Waals surface area contributed by atoms with Crippen molar-refractivity contribution in [2.24, 2.45) is 0 Å². The van der Waals surface area contributed by atoms with Crippen LogP contribution < -0.4 is 4.74 Å². The Morgan fingerprint density at radius 1 is 1.44 bits per heavy atom. The zero-order valence-electron chi connectivity index (χ0n) is 8.58. The van der Waals surface area contributed by atoms with Gasteiger partial charge in [-0.1, -0.05) is 0 Å². The molecule has 0 aromatic carbocycles. The van der Waals surface area contributed by atoms with Crippen molar-refractivity contribution in [3.05, 3.63) is 17.5 Å². The standard InChI is InChI=1S/C9H11F3N2O2/c1-6-7(5-15)4-13-8(14-6)16-3-2-9(10,11)12/h4,15H,2-3,5H2,1H3. The highest BCUT2D eigenvalue weighted by Crippen LogP contribution is 2.19. The minimum atomic E-state index is -4.25. The average Bonchev–Trinajstić information content (AvgIpc) is 2.16. The first-order chi connectivity index (χ1) is 7.42. The van der Waals surface area contributed by atoms with Gasteiger partial charge in [0.1, 0.15) is 6.61 Å². The van der Waals surface area contributed by atoms with E-state index in [1.165, 1.54) is 6.20 Å². The molecule has 0 fully saturated rings. The van der Waals surface area contributed by atoms with Crippen molar-refractivity contribution >= 4 is 0 Å². The molecule has 16 heavy (non-hydrogen) atoms. The Bertz CT molecular complexity index is 355. The predicted octanol–water partition coefficient (Wildman–Crippen LogP) is 1.61. The molecule has 0 radical (unpaired) electrons. The summed E-state index contributed by atoms with van der Waals surface area (Å²) < 4.78 is 40.1. The number of ether oxygens (including phenoxy) is 1. The maximum Gasteiger partial charge on any atom is 0.392 e. The minimum Gasteiger partial charge on any atom is -0.463 e. The number of aliphatic hydroxyl groups excluding tert-OH is 1. The van der Waals surface area contributed by atoms with Crippen molar-refractivity contribution < 1.29 is 23.0 Å². The van der Waals surface area contributed by atoms with Crippen LogP contribution in [-0.4, -0.2) is 27.9 Å². The highest BCUT2D eigenvalue weighted by atomic mass is 19.4. The first-order valence-corrected chi connectivity index (χ1v) is 4.55. The molecule has 0 aliphatic carbocycles. The van der Waals surface area contributed by atoms with Gasteiger partial charge in [-0.15, -0.1) is 0 Å². The van der Waals surface area contributed by atoms with E-state index in [9.17, 15) is 13.2 Å². The molecule has 1 heterocycles. The van der Waals surface area contributed by atoms with Crippen LogP contribution in [0, 0.1) is 6.92 Å². The molecule has 1 aromatic rings. The molecule has 1 N–H and O–H groups in total. The minimum absolute atomic E-state index is 0.112. The first-order valence-electron chi connectivity index (χ1n) is 4.55. The van der Waals surface area contributed by atoms with E-state index in [0.717, 1.165) is 0 Å². The lowest BCUT2D eigenvalue weighted by molar-refractivity contribution is -0.139. The molecule has 0 bridgehead atoms. The third kappa shape index (κ3) is 4.01. The normalized spacial score (nSPS) is 11.6. The van der Waals surface area contributed by atoms with Crippen LogP contribution in [0.1, 0.15) is 17.7 Å². The first kappa shape index (κ1) is 12.7. The quantitative estimate of drug-likeness (QED) is 0.862. The molecule has 0 atom stereocenters. The van der Waals surface area contributed by atoms with Crippen LogP contribution in [0.4, 0.5) is 13.2 Å². The van der Waals surface area contributed by atoms with Crippen LogP contribution in [0.5, 0.6) is 6.01 Å². The Morgan fingerprint density at radius 2 is 2.12 bits per heavy atom. The third-order valence-corrected chi connectivity index (χ3v) is 1.85. The molecule has 7 heteroatoms. The van der Waals surface area contributed by atoms with E-state index >= 15 is 0 Å². The van der Waals surface area contributed by atoms with Crippen LogP contribution in [0.2, 0.25) is 0 Å². The summed E-state index contributed by atoms with van der Waals surface area (Å²) in [5.41, 5.74) is 1.00. The van der Waals surface area contributed by atoms with E-state index in [4.69, 9.17) is 9.84 Å². The lowest BCUT2D eigenvalue weighted by Gasteiger charge is -2.08. The second-order valence-electron chi connectivity index (χ2n) is 3.13. The Balaban J connectivity index is 2.52. The maximum atomic E-state index is 11.8. The summed E-state index contributed by atoms with van der Waals surface area (Å²) in [7, 11) is 0. The third-order valence-electron chi connectivity index (χ3n) is 1.85. The number of aliphatic hydroxyl groups is 1. The summed E-state index contributed by atoms with van der Waals surface area (Å²) in [4.78, 5) is 7.47. The zero-order valence-corrected chi connectivity index (χ0v) is 8.58. The smallest absolute Gasteiger partial charge is 0.392 e. The molecule has 0 aliphatic rings. The molecule has 0 unspecified atom stereocenters. The second-order valence-corrected chi connectivity index (χ2v) is 3.13. The van der Waals surface area contributed by atoms with Gasteiger partial charge in [0, 0.05) is 11.8 Å². The van der Waals surface area contributed by atoms with Crippen LogP contribution in [0.15, 0.2) is 6.20 Å². The van der Waals surface area contributed by atoms with E-state index in [2.05, 4.69) is 9.97 Å². The lowest BCUT2D eigenvalue weighted by Crippen LogP contribution is -2.14. The number of hydrogen-bond acceptors (Lipinski definition) is 4. The number of aryl methyl sites for hydroxylation is 1. The van der Waals surface area contributed by atoms with E-state index in [1.54, 1.807) is 6.92 Å².